The van der Waals surface area contributed by atoms with E-state index in [9.17, 15) is 25.2 Å². The standard InChI is InChI=1S/C23H31NO8/c25-12-18-20(27)21(28)22(29)23(32-18)31-16-6-3-14(4-7-16)5-8-19(26)30-13-15-9-11-24-10-1-2-17(15)24/h3-8,15,17-18,20-23,25,27-29H,1-2,9-13H2/b8-5+/t15-,17-,18+,20+,21-,22+,23+/m0/s1. The molecule has 4 N–H and O–H groups in total. The van der Waals surface area contributed by atoms with E-state index < -0.39 is 37.3 Å². The highest BCUT2D eigenvalue weighted by atomic mass is 16.7. The fourth-order valence-electron chi connectivity index (χ4n) is 4.74. The summed E-state index contributed by atoms with van der Waals surface area (Å²) in [5.41, 5.74) is 0.755. The van der Waals surface area contributed by atoms with Gasteiger partial charge >= 0.3 is 5.97 Å². The number of ether oxygens (including phenoxy) is 3. The van der Waals surface area contributed by atoms with Crippen molar-refractivity contribution in [2.75, 3.05) is 26.3 Å². The highest BCUT2D eigenvalue weighted by Crippen LogP contribution is 2.32. The highest BCUT2D eigenvalue weighted by Gasteiger charge is 2.44. The van der Waals surface area contributed by atoms with Gasteiger partial charge in [-0.05, 0) is 56.1 Å². The number of nitrogens with zero attached hydrogens (tertiary/aromatic N) is 1. The van der Waals surface area contributed by atoms with Gasteiger partial charge in [0, 0.05) is 18.0 Å². The van der Waals surface area contributed by atoms with E-state index in [0.717, 1.165) is 25.1 Å². The maximum absolute atomic E-state index is 12.1. The first-order valence-electron chi connectivity index (χ1n) is 11.1. The first-order valence-corrected chi connectivity index (χ1v) is 11.1. The second-order valence-corrected chi connectivity index (χ2v) is 8.64. The molecule has 0 aliphatic carbocycles. The second-order valence-electron chi connectivity index (χ2n) is 8.64. The fraction of sp³-hybridized carbons (Fsp3) is 0.609. The van der Waals surface area contributed by atoms with Crippen LogP contribution in [-0.2, 0) is 14.3 Å². The molecular weight excluding hydrogens is 418 g/mol. The zero-order valence-electron chi connectivity index (χ0n) is 17.8. The first-order chi connectivity index (χ1) is 15.5. The lowest BCUT2D eigenvalue weighted by Crippen LogP contribution is -2.60. The number of esters is 1. The summed E-state index contributed by atoms with van der Waals surface area (Å²) >= 11 is 0. The Kier molecular flexibility index (Phi) is 7.44. The number of aliphatic hydroxyl groups is 4. The minimum absolute atomic E-state index is 0.358. The topological polar surface area (TPSA) is 129 Å². The van der Waals surface area contributed by atoms with Crippen molar-refractivity contribution < 1.29 is 39.4 Å². The van der Waals surface area contributed by atoms with E-state index >= 15 is 0 Å². The molecule has 0 spiro atoms. The molecule has 32 heavy (non-hydrogen) atoms. The van der Waals surface area contributed by atoms with Gasteiger partial charge in [-0.15, -0.1) is 0 Å². The molecule has 3 saturated heterocycles. The van der Waals surface area contributed by atoms with Crippen molar-refractivity contribution in [1.82, 2.24) is 4.90 Å². The number of carbonyl (C=O) groups is 1. The summed E-state index contributed by atoms with van der Waals surface area (Å²) in [6, 6.07) is 7.25. The molecule has 7 atom stereocenters. The molecular formula is C23H31NO8. The summed E-state index contributed by atoms with van der Waals surface area (Å²) in [7, 11) is 0. The van der Waals surface area contributed by atoms with Gasteiger partial charge in [0.05, 0.1) is 13.2 Å². The van der Waals surface area contributed by atoms with Crippen molar-refractivity contribution in [2.45, 2.75) is 56.0 Å². The normalized spacial score (nSPS) is 35.2. The molecule has 0 radical (unpaired) electrons. The van der Waals surface area contributed by atoms with E-state index in [-0.39, 0.29) is 5.97 Å². The quantitative estimate of drug-likeness (QED) is 0.333. The number of fused-ring (bicyclic) bond motifs is 1. The molecule has 176 valence electrons. The Hall–Kier alpha value is -2.01. The lowest BCUT2D eigenvalue weighted by molar-refractivity contribution is -0.277. The maximum atomic E-state index is 12.1. The van der Waals surface area contributed by atoms with E-state index in [0.29, 0.717) is 24.3 Å². The van der Waals surface area contributed by atoms with Gasteiger partial charge in [-0.1, -0.05) is 12.1 Å². The SMILES string of the molecule is O=C(/C=C/c1ccc(O[C@@H]2O[C@H](CO)[C@@H](O)[C@H](O)[C@H]2O)cc1)OC[C@@H]1CCN2CCC[C@@H]12. The van der Waals surface area contributed by atoms with Gasteiger partial charge in [0.1, 0.15) is 30.2 Å². The summed E-state index contributed by atoms with van der Waals surface area (Å²) in [6.45, 7) is 2.19. The van der Waals surface area contributed by atoms with Crippen LogP contribution in [0.3, 0.4) is 0 Å². The Morgan fingerprint density at radius 2 is 1.88 bits per heavy atom. The highest BCUT2D eigenvalue weighted by molar-refractivity contribution is 5.87. The van der Waals surface area contributed by atoms with Crippen LogP contribution >= 0.6 is 0 Å². The number of carbonyl (C=O) groups excluding carboxylic acids is 1. The minimum atomic E-state index is -1.50. The Morgan fingerprint density at radius 1 is 1.09 bits per heavy atom. The van der Waals surface area contributed by atoms with Gasteiger partial charge in [-0.2, -0.15) is 0 Å². The molecule has 0 saturated carbocycles. The Bertz CT molecular complexity index is 798. The van der Waals surface area contributed by atoms with Crippen molar-refractivity contribution in [3.05, 3.63) is 35.9 Å². The fourth-order valence-corrected chi connectivity index (χ4v) is 4.74. The van der Waals surface area contributed by atoms with Crippen LogP contribution in [0.4, 0.5) is 0 Å². The zero-order chi connectivity index (χ0) is 22.7. The summed E-state index contributed by atoms with van der Waals surface area (Å²) in [6.07, 6.45) is -0.143. The average molecular weight is 450 g/mol. The monoisotopic (exact) mass is 449 g/mol. The zero-order valence-corrected chi connectivity index (χ0v) is 17.8. The molecule has 3 aliphatic rings. The number of rotatable bonds is 7. The molecule has 1 aromatic rings. The predicted octanol–water partition coefficient (Wildman–Crippen LogP) is -0.0940. The van der Waals surface area contributed by atoms with Crippen LogP contribution in [0.25, 0.3) is 6.08 Å². The molecule has 0 amide bonds. The Balaban J connectivity index is 1.26. The third-order valence-corrected chi connectivity index (χ3v) is 6.58. The Labute approximate surface area is 186 Å². The van der Waals surface area contributed by atoms with Gasteiger partial charge < -0.3 is 34.6 Å². The summed E-state index contributed by atoms with van der Waals surface area (Å²) in [4.78, 5) is 14.6. The van der Waals surface area contributed by atoms with Crippen LogP contribution in [0, 0.1) is 5.92 Å². The van der Waals surface area contributed by atoms with Crippen molar-refractivity contribution in [2.24, 2.45) is 5.92 Å². The first kappa shape index (κ1) is 23.2. The van der Waals surface area contributed by atoms with E-state index in [1.54, 1.807) is 30.3 Å². The number of benzene rings is 1. The largest absolute Gasteiger partial charge is 0.462 e. The van der Waals surface area contributed by atoms with E-state index in [1.165, 1.54) is 18.9 Å². The number of aliphatic hydroxyl groups excluding tert-OH is 4. The van der Waals surface area contributed by atoms with Crippen molar-refractivity contribution in [3.8, 4) is 5.75 Å². The Morgan fingerprint density at radius 3 is 2.62 bits per heavy atom. The van der Waals surface area contributed by atoms with Gasteiger partial charge in [0.2, 0.25) is 6.29 Å². The molecule has 3 fully saturated rings. The van der Waals surface area contributed by atoms with Gasteiger partial charge in [-0.25, -0.2) is 4.79 Å². The molecule has 0 aromatic heterocycles. The molecule has 1 aromatic carbocycles. The van der Waals surface area contributed by atoms with Crippen LogP contribution in [0.15, 0.2) is 30.3 Å². The van der Waals surface area contributed by atoms with Gasteiger partial charge in [0.15, 0.2) is 0 Å². The van der Waals surface area contributed by atoms with Crippen LogP contribution in [0.2, 0.25) is 0 Å². The molecule has 9 nitrogen and oxygen atoms in total. The predicted molar refractivity (Wildman–Crippen MR) is 114 cm³/mol. The minimum Gasteiger partial charge on any atom is -0.462 e. The van der Waals surface area contributed by atoms with Gasteiger partial charge in [-0.3, -0.25) is 4.90 Å². The molecule has 3 aliphatic heterocycles. The molecule has 3 heterocycles. The van der Waals surface area contributed by atoms with E-state index in [4.69, 9.17) is 14.2 Å². The lowest BCUT2D eigenvalue weighted by Gasteiger charge is -2.39. The number of hydrogen-bond donors (Lipinski definition) is 4. The molecule has 0 bridgehead atoms. The van der Waals surface area contributed by atoms with Crippen LogP contribution < -0.4 is 4.74 Å². The van der Waals surface area contributed by atoms with Crippen LogP contribution in [0.5, 0.6) is 5.75 Å². The second kappa shape index (κ2) is 10.3. The van der Waals surface area contributed by atoms with E-state index in [2.05, 4.69) is 4.90 Å². The average Bonchev–Trinajstić information content (AvgIpc) is 3.42. The summed E-state index contributed by atoms with van der Waals surface area (Å²) < 4.78 is 16.3. The lowest BCUT2D eigenvalue weighted by atomic mass is 9.99. The third kappa shape index (κ3) is 5.14. The molecule has 9 heteroatoms. The van der Waals surface area contributed by atoms with Crippen molar-refractivity contribution in [1.29, 1.82) is 0 Å². The number of hydrogen-bond acceptors (Lipinski definition) is 9. The van der Waals surface area contributed by atoms with Crippen molar-refractivity contribution in [3.63, 3.8) is 0 Å². The molecule has 4 rings (SSSR count). The van der Waals surface area contributed by atoms with Gasteiger partial charge in [0.25, 0.3) is 0 Å². The third-order valence-electron chi connectivity index (χ3n) is 6.58. The summed E-state index contributed by atoms with van der Waals surface area (Å²) in [5.74, 6) is 0.410. The van der Waals surface area contributed by atoms with E-state index in [1.807, 2.05) is 0 Å². The van der Waals surface area contributed by atoms with Crippen molar-refractivity contribution >= 4 is 12.0 Å². The summed E-state index contributed by atoms with van der Waals surface area (Å²) in [5, 5.41) is 39.0. The van der Waals surface area contributed by atoms with Crippen LogP contribution in [0.1, 0.15) is 24.8 Å². The maximum Gasteiger partial charge on any atom is 0.330 e. The molecule has 0 unspecified atom stereocenters. The smallest absolute Gasteiger partial charge is 0.330 e. The van der Waals surface area contributed by atoms with Crippen LogP contribution in [-0.4, -0.2) is 94.3 Å².